The quantitative estimate of drug-likeness (QED) is 0.893. The minimum atomic E-state index is 0.314. The van der Waals surface area contributed by atoms with Crippen molar-refractivity contribution in [2.75, 3.05) is 27.4 Å². The molecule has 0 aromatic heterocycles. The van der Waals surface area contributed by atoms with E-state index in [2.05, 4.69) is 52.4 Å². The van der Waals surface area contributed by atoms with Crippen LogP contribution in [0, 0.1) is 0 Å². The van der Waals surface area contributed by atoms with E-state index in [1.54, 1.807) is 0 Å². The van der Waals surface area contributed by atoms with Crippen LogP contribution in [0.4, 0.5) is 0 Å². The lowest BCUT2D eigenvalue weighted by molar-refractivity contribution is 0.0598. The third-order valence-corrected chi connectivity index (χ3v) is 5.09. The van der Waals surface area contributed by atoms with Crippen LogP contribution in [-0.2, 0) is 6.54 Å². The van der Waals surface area contributed by atoms with Crippen LogP contribution in [-0.4, -0.2) is 37.9 Å². The molecule has 0 bridgehead atoms. The van der Waals surface area contributed by atoms with E-state index in [1.807, 2.05) is 0 Å². The van der Waals surface area contributed by atoms with Crippen molar-refractivity contribution < 1.29 is 9.47 Å². The molecule has 1 heterocycles. The van der Waals surface area contributed by atoms with Gasteiger partial charge in [0, 0.05) is 18.6 Å². The molecular formula is C15H21BrN2O2. The molecule has 3 rings (SSSR count). The maximum Gasteiger partial charge on any atom is 0.231 e. The van der Waals surface area contributed by atoms with Crippen molar-refractivity contribution >= 4 is 15.9 Å². The van der Waals surface area contributed by atoms with Crippen molar-refractivity contribution in [2.45, 2.75) is 31.3 Å². The Hall–Kier alpha value is -0.780. The van der Waals surface area contributed by atoms with Gasteiger partial charge < -0.3 is 19.7 Å². The molecule has 20 heavy (non-hydrogen) atoms. The van der Waals surface area contributed by atoms with Gasteiger partial charge >= 0.3 is 0 Å². The summed E-state index contributed by atoms with van der Waals surface area (Å²) in [6.45, 7) is 2.20. The first-order valence-electron chi connectivity index (χ1n) is 7.07. The predicted molar refractivity (Wildman–Crippen MR) is 82.2 cm³/mol. The number of nitrogens with zero attached hydrogens (tertiary/aromatic N) is 1. The zero-order chi connectivity index (χ0) is 14.2. The minimum Gasteiger partial charge on any atom is -0.454 e. The van der Waals surface area contributed by atoms with Crippen LogP contribution in [0.5, 0.6) is 11.5 Å². The van der Waals surface area contributed by atoms with Crippen LogP contribution in [0.1, 0.15) is 24.8 Å². The number of hydrogen-bond acceptors (Lipinski definition) is 4. The summed E-state index contributed by atoms with van der Waals surface area (Å²) in [5.41, 5.74) is 1.57. The third-order valence-electron chi connectivity index (χ3n) is 4.50. The lowest BCUT2D eigenvalue weighted by atomic mass is 9.75. The van der Waals surface area contributed by atoms with Crippen molar-refractivity contribution in [1.29, 1.82) is 0 Å². The molecule has 2 aliphatic rings. The Bertz CT molecular complexity index is 501. The molecule has 1 fully saturated rings. The average Bonchev–Trinajstić information content (AvgIpc) is 2.80. The van der Waals surface area contributed by atoms with Gasteiger partial charge in [-0.25, -0.2) is 0 Å². The van der Waals surface area contributed by atoms with Crippen LogP contribution in [0.25, 0.3) is 0 Å². The van der Waals surface area contributed by atoms with Crippen LogP contribution in [0.2, 0.25) is 0 Å². The summed E-state index contributed by atoms with van der Waals surface area (Å²) < 4.78 is 11.8. The Morgan fingerprint density at radius 3 is 2.75 bits per heavy atom. The highest BCUT2D eigenvalue weighted by molar-refractivity contribution is 9.10. The molecule has 1 aliphatic heterocycles. The number of fused-ring (bicyclic) bond motifs is 1. The van der Waals surface area contributed by atoms with Crippen molar-refractivity contribution in [1.82, 2.24) is 10.2 Å². The predicted octanol–water partition coefficient (Wildman–Crippen LogP) is 2.75. The Labute approximate surface area is 128 Å². The maximum absolute atomic E-state index is 5.45. The van der Waals surface area contributed by atoms with Gasteiger partial charge in [0.1, 0.15) is 0 Å². The zero-order valence-electron chi connectivity index (χ0n) is 12.0. The lowest BCUT2D eigenvalue weighted by Gasteiger charge is -2.47. The van der Waals surface area contributed by atoms with E-state index in [4.69, 9.17) is 9.47 Å². The Morgan fingerprint density at radius 2 is 2.10 bits per heavy atom. The Kier molecular flexibility index (Phi) is 3.93. The number of hydrogen-bond donors (Lipinski definition) is 1. The topological polar surface area (TPSA) is 33.7 Å². The van der Waals surface area contributed by atoms with Gasteiger partial charge in [-0.2, -0.15) is 0 Å². The minimum absolute atomic E-state index is 0.314. The standard InChI is InChI=1S/C15H21BrN2O2/c1-18(2)15(4-3-5-15)9-17-8-11-6-12(16)14-13(7-11)19-10-20-14/h6-7,17H,3-5,8-10H2,1-2H3. The molecule has 1 aromatic carbocycles. The highest BCUT2D eigenvalue weighted by Gasteiger charge is 2.38. The highest BCUT2D eigenvalue weighted by Crippen LogP contribution is 2.40. The molecule has 0 atom stereocenters. The van der Waals surface area contributed by atoms with Crippen molar-refractivity contribution in [3.63, 3.8) is 0 Å². The molecular weight excluding hydrogens is 320 g/mol. The van der Waals surface area contributed by atoms with Crippen molar-refractivity contribution in [3.05, 3.63) is 22.2 Å². The summed E-state index contributed by atoms with van der Waals surface area (Å²) in [7, 11) is 4.36. The molecule has 1 N–H and O–H groups in total. The van der Waals surface area contributed by atoms with Crippen LogP contribution < -0.4 is 14.8 Å². The molecule has 110 valence electrons. The normalized spacial score (nSPS) is 19.2. The molecule has 4 nitrogen and oxygen atoms in total. The number of likely N-dealkylation sites (N-methyl/N-ethyl adjacent to an activating group) is 1. The monoisotopic (exact) mass is 340 g/mol. The largest absolute Gasteiger partial charge is 0.454 e. The SMILES string of the molecule is CN(C)C1(CNCc2cc(Br)c3c(c2)OCO3)CCC1. The van der Waals surface area contributed by atoms with Gasteiger partial charge in [0.15, 0.2) is 11.5 Å². The second kappa shape index (κ2) is 5.54. The molecule has 1 saturated carbocycles. The second-order valence-corrected chi connectivity index (χ2v) is 6.74. The maximum atomic E-state index is 5.45. The van der Waals surface area contributed by atoms with E-state index < -0.39 is 0 Å². The first-order valence-corrected chi connectivity index (χ1v) is 7.86. The highest BCUT2D eigenvalue weighted by atomic mass is 79.9. The summed E-state index contributed by atoms with van der Waals surface area (Å²) in [4.78, 5) is 2.36. The van der Waals surface area contributed by atoms with E-state index in [9.17, 15) is 0 Å². The molecule has 0 amide bonds. The summed E-state index contributed by atoms with van der Waals surface area (Å²) in [5.74, 6) is 1.65. The lowest BCUT2D eigenvalue weighted by Crippen LogP contribution is -2.56. The van der Waals surface area contributed by atoms with E-state index in [1.165, 1.54) is 24.8 Å². The Morgan fingerprint density at radius 1 is 1.30 bits per heavy atom. The van der Waals surface area contributed by atoms with Crippen LogP contribution >= 0.6 is 15.9 Å². The fourth-order valence-corrected chi connectivity index (χ4v) is 3.53. The van der Waals surface area contributed by atoms with Crippen molar-refractivity contribution in [3.8, 4) is 11.5 Å². The molecule has 5 heteroatoms. The second-order valence-electron chi connectivity index (χ2n) is 5.89. The summed E-state index contributed by atoms with van der Waals surface area (Å²) in [6, 6.07) is 4.16. The molecule has 0 saturated heterocycles. The Balaban J connectivity index is 1.60. The van der Waals surface area contributed by atoms with Crippen LogP contribution in [0.3, 0.4) is 0 Å². The van der Waals surface area contributed by atoms with E-state index in [0.29, 0.717) is 12.3 Å². The van der Waals surface area contributed by atoms with Gasteiger partial charge in [0.25, 0.3) is 0 Å². The van der Waals surface area contributed by atoms with E-state index in [0.717, 1.165) is 29.1 Å². The fourth-order valence-electron chi connectivity index (χ4n) is 2.93. The first-order chi connectivity index (χ1) is 9.61. The van der Waals surface area contributed by atoms with E-state index in [-0.39, 0.29) is 0 Å². The summed E-state index contributed by atoms with van der Waals surface area (Å²) in [6.07, 6.45) is 3.92. The fraction of sp³-hybridized carbons (Fsp3) is 0.600. The average molecular weight is 341 g/mol. The summed E-state index contributed by atoms with van der Waals surface area (Å²) >= 11 is 3.54. The molecule has 1 aliphatic carbocycles. The number of nitrogens with one attached hydrogen (secondary N) is 1. The summed E-state index contributed by atoms with van der Waals surface area (Å²) in [5, 5.41) is 3.59. The van der Waals surface area contributed by atoms with Gasteiger partial charge in [0.2, 0.25) is 6.79 Å². The molecule has 0 unspecified atom stereocenters. The number of benzene rings is 1. The third kappa shape index (κ3) is 2.54. The van der Waals surface area contributed by atoms with Gasteiger partial charge in [-0.05, 0) is 67.0 Å². The number of halogens is 1. The smallest absolute Gasteiger partial charge is 0.231 e. The van der Waals surface area contributed by atoms with Gasteiger partial charge in [0.05, 0.1) is 4.47 Å². The number of ether oxygens (including phenoxy) is 2. The molecule has 0 spiro atoms. The van der Waals surface area contributed by atoms with E-state index >= 15 is 0 Å². The molecule has 0 radical (unpaired) electrons. The zero-order valence-corrected chi connectivity index (χ0v) is 13.6. The van der Waals surface area contributed by atoms with Gasteiger partial charge in [-0.15, -0.1) is 0 Å². The van der Waals surface area contributed by atoms with Gasteiger partial charge in [-0.1, -0.05) is 0 Å². The van der Waals surface area contributed by atoms with Gasteiger partial charge in [-0.3, -0.25) is 0 Å². The van der Waals surface area contributed by atoms with Crippen LogP contribution in [0.15, 0.2) is 16.6 Å². The molecule has 1 aromatic rings. The first kappa shape index (κ1) is 14.2. The van der Waals surface area contributed by atoms with Crippen molar-refractivity contribution in [2.24, 2.45) is 0 Å². The number of rotatable bonds is 5.